The lowest BCUT2D eigenvalue weighted by atomic mass is 9.99. The Hall–Kier alpha value is -3.92. The highest BCUT2D eigenvalue weighted by Gasteiger charge is 2.37. The number of anilines is 3. The zero-order chi connectivity index (χ0) is 27.6. The van der Waals surface area contributed by atoms with E-state index in [1.54, 1.807) is 0 Å². The third-order valence-corrected chi connectivity index (χ3v) is 7.77. The SMILES string of the molecule is Cc1ccc(N(C(=O)c2snc(C(N)=O)c2N)[C@H](C(=O)NC2CCCC2)c2ccc(N(C)C)cc2)c(C)c1. The number of nitrogen functional groups attached to an aromatic ring is 1. The molecule has 1 heterocycles. The zero-order valence-corrected chi connectivity index (χ0v) is 23.0. The fourth-order valence-electron chi connectivity index (χ4n) is 4.90. The van der Waals surface area contributed by atoms with E-state index in [4.69, 9.17) is 11.5 Å². The smallest absolute Gasteiger partial charge is 0.273 e. The van der Waals surface area contributed by atoms with Crippen molar-refractivity contribution in [1.29, 1.82) is 0 Å². The van der Waals surface area contributed by atoms with E-state index in [0.29, 0.717) is 11.3 Å². The Kier molecular flexibility index (Phi) is 8.01. The molecule has 0 saturated heterocycles. The molecule has 3 amide bonds. The van der Waals surface area contributed by atoms with Crippen molar-refractivity contribution in [3.8, 4) is 0 Å². The van der Waals surface area contributed by atoms with Gasteiger partial charge in [-0.2, -0.15) is 4.37 Å². The average Bonchev–Trinajstić information content (AvgIpc) is 3.52. The van der Waals surface area contributed by atoms with Crippen molar-refractivity contribution in [3.05, 3.63) is 69.7 Å². The van der Waals surface area contributed by atoms with Gasteiger partial charge in [-0.25, -0.2) is 0 Å². The lowest BCUT2D eigenvalue weighted by Crippen LogP contribution is -2.46. The lowest BCUT2D eigenvalue weighted by molar-refractivity contribution is -0.123. The van der Waals surface area contributed by atoms with Crippen molar-refractivity contribution < 1.29 is 14.4 Å². The van der Waals surface area contributed by atoms with Gasteiger partial charge in [-0.3, -0.25) is 19.3 Å². The number of rotatable bonds is 8. The third kappa shape index (κ3) is 5.50. The van der Waals surface area contributed by atoms with E-state index in [2.05, 4.69) is 9.69 Å². The molecule has 1 saturated carbocycles. The minimum absolute atomic E-state index is 0.0528. The number of carbonyl (C=O) groups excluding carboxylic acids is 3. The molecule has 200 valence electrons. The molecule has 0 unspecified atom stereocenters. The molecule has 10 heteroatoms. The maximum absolute atomic E-state index is 14.2. The van der Waals surface area contributed by atoms with Gasteiger partial charge in [0.05, 0.1) is 5.69 Å². The number of nitrogens with two attached hydrogens (primary N) is 2. The van der Waals surface area contributed by atoms with Gasteiger partial charge in [-0.15, -0.1) is 0 Å². The van der Waals surface area contributed by atoms with Gasteiger partial charge >= 0.3 is 0 Å². The predicted octanol–water partition coefficient (Wildman–Crippen LogP) is 3.95. The van der Waals surface area contributed by atoms with Crippen molar-refractivity contribution in [2.45, 2.75) is 51.6 Å². The first-order valence-corrected chi connectivity index (χ1v) is 13.4. The van der Waals surface area contributed by atoms with Crippen LogP contribution >= 0.6 is 11.5 Å². The van der Waals surface area contributed by atoms with Gasteiger partial charge in [0.1, 0.15) is 10.9 Å². The maximum atomic E-state index is 14.2. The third-order valence-electron chi connectivity index (χ3n) is 6.92. The highest BCUT2D eigenvalue weighted by atomic mass is 32.1. The van der Waals surface area contributed by atoms with Crippen molar-refractivity contribution >= 4 is 46.3 Å². The first-order valence-electron chi connectivity index (χ1n) is 12.6. The van der Waals surface area contributed by atoms with Crippen LogP contribution in [-0.4, -0.2) is 42.2 Å². The van der Waals surface area contributed by atoms with Gasteiger partial charge in [-0.1, -0.05) is 42.7 Å². The van der Waals surface area contributed by atoms with Gasteiger partial charge < -0.3 is 21.7 Å². The number of aryl methyl sites for hydroxylation is 2. The van der Waals surface area contributed by atoms with Gasteiger partial charge in [0, 0.05) is 31.5 Å². The second kappa shape index (κ2) is 11.2. The topological polar surface area (TPSA) is 135 Å². The molecule has 1 aliphatic carbocycles. The summed E-state index contributed by atoms with van der Waals surface area (Å²) in [6.45, 7) is 3.86. The van der Waals surface area contributed by atoms with Crippen LogP contribution in [0.4, 0.5) is 17.1 Å². The lowest BCUT2D eigenvalue weighted by Gasteiger charge is -2.33. The Morgan fingerprint density at radius 1 is 1.05 bits per heavy atom. The van der Waals surface area contributed by atoms with Crippen molar-refractivity contribution in [2.75, 3.05) is 29.6 Å². The highest BCUT2D eigenvalue weighted by molar-refractivity contribution is 7.09. The van der Waals surface area contributed by atoms with Crippen LogP contribution in [0.5, 0.6) is 0 Å². The number of carbonyl (C=O) groups is 3. The Morgan fingerprint density at radius 3 is 2.26 bits per heavy atom. The summed E-state index contributed by atoms with van der Waals surface area (Å²) in [6, 6.07) is 12.3. The summed E-state index contributed by atoms with van der Waals surface area (Å²) in [6.07, 6.45) is 3.92. The Morgan fingerprint density at radius 2 is 1.71 bits per heavy atom. The van der Waals surface area contributed by atoms with E-state index in [9.17, 15) is 14.4 Å². The Labute approximate surface area is 227 Å². The number of benzene rings is 2. The molecule has 4 rings (SSSR count). The van der Waals surface area contributed by atoms with E-state index < -0.39 is 17.9 Å². The first kappa shape index (κ1) is 27.1. The molecule has 1 atom stereocenters. The summed E-state index contributed by atoms with van der Waals surface area (Å²) in [7, 11) is 3.88. The van der Waals surface area contributed by atoms with Gasteiger partial charge in [0.2, 0.25) is 5.91 Å². The minimum Gasteiger partial charge on any atom is -0.395 e. The molecule has 1 aromatic heterocycles. The van der Waals surface area contributed by atoms with Crippen LogP contribution in [0.3, 0.4) is 0 Å². The summed E-state index contributed by atoms with van der Waals surface area (Å²) < 4.78 is 4.03. The van der Waals surface area contributed by atoms with Crippen LogP contribution in [0, 0.1) is 13.8 Å². The quantitative estimate of drug-likeness (QED) is 0.401. The van der Waals surface area contributed by atoms with E-state index >= 15 is 0 Å². The monoisotopic (exact) mass is 534 g/mol. The van der Waals surface area contributed by atoms with E-state index in [0.717, 1.165) is 54.0 Å². The fourth-order valence-corrected chi connectivity index (χ4v) is 5.65. The van der Waals surface area contributed by atoms with Crippen LogP contribution in [-0.2, 0) is 4.79 Å². The van der Waals surface area contributed by atoms with E-state index in [-0.39, 0.29) is 28.2 Å². The molecule has 1 aliphatic rings. The molecule has 0 bridgehead atoms. The molecule has 5 N–H and O–H groups in total. The molecule has 0 spiro atoms. The average molecular weight is 535 g/mol. The van der Waals surface area contributed by atoms with Crippen LogP contribution in [0.1, 0.15) is 68.6 Å². The van der Waals surface area contributed by atoms with Gasteiger partial charge in [0.15, 0.2) is 5.69 Å². The molecule has 2 aromatic carbocycles. The molecule has 0 radical (unpaired) electrons. The van der Waals surface area contributed by atoms with Crippen LogP contribution in [0.25, 0.3) is 0 Å². The minimum atomic E-state index is -0.987. The molecule has 38 heavy (non-hydrogen) atoms. The largest absolute Gasteiger partial charge is 0.395 e. The van der Waals surface area contributed by atoms with E-state index in [1.165, 1.54) is 4.90 Å². The maximum Gasteiger partial charge on any atom is 0.273 e. The second-order valence-corrected chi connectivity index (χ2v) is 10.8. The Balaban J connectivity index is 1.89. The number of hydrogen-bond acceptors (Lipinski definition) is 7. The standard InChI is InChI=1S/C28H34N6O3S/c1-16-9-14-21(17(2)15-16)34(28(37)25-22(29)23(26(30)35)32-38-25)24(27(36)31-19-7-5-6-8-19)18-10-12-20(13-11-18)33(3)4/h9-15,19,24H,5-8,29H2,1-4H3,(H2,30,35)(H,31,36)/t24-/m0/s1. The number of amides is 3. The summed E-state index contributed by atoms with van der Waals surface area (Å²) in [5, 5.41) is 3.18. The number of hydrogen-bond donors (Lipinski definition) is 3. The summed E-state index contributed by atoms with van der Waals surface area (Å²) in [5.41, 5.74) is 15.4. The Bertz CT molecular complexity index is 1350. The second-order valence-electron chi connectivity index (χ2n) is 9.98. The van der Waals surface area contributed by atoms with Crippen molar-refractivity contribution in [3.63, 3.8) is 0 Å². The number of nitrogens with one attached hydrogen (secondary N) is 1. The molecule has 1 fully saturated rings. The van der Waals surface area contributed by atoms with Gasteiger partial charge in [0.25, 0.3) is 11.8 Å². The fraction of sp³-hybridized carbons (Fsp3) is 0.357. The number of primary amides is 1. The predicted molar refractivity (Wildman–Crippen MR) is 152 cm³/mol. The van der Waals surface area contributed by atoms with Crippen molar-refractivity contribution in [2.24, 2.45) is 5.73 Å². The van der Waals surface area contributed by atoms with Crippen LogP contribution < -0.4 is 26.6 Å². The summed E-state index contributed by atoms with van der Waals surface area (Å²) >= 11 is 0.803. The zero-order valence-electron chi connectivity index (χ0n) is 22.2. The molecular formula is C28H34N6O3S. The van der Waals surface area contributed by atoms with Crippen LogP contribution in [0.15, 0.2) is 42.5 Å². The number of aromatic nitrogens is 1. The summed E-state index contributed by atoms with van der Waals surface area (Å²) in [5.74, 6) is -1.62. The first-order chi connectivity index (χ1) is 18.1. The summed E-state index contributed by atoms with van der Waals surface area (Å²) in [4.78, 5) is 43.6. The molecule has 0 aliphatic heterocycles. The normalized spacial score (nSPS) is 14.2. The molecule has 9 nitrogen and oxygen atoms in total. The molecule has 3 aromatic rings. The van der Waals surface area contributed by atoms with Crippen molar-refractivity contribution in [1.82, 2.24) is 9.69 Å². The number of nitrogens with zero attached hydrogens (tertiary/aromatic N) is 3. The highest BCUT2D eigenvalue weighted by Crippen LogP contribution is 2.36. The van der Waals surface area contributed by atoms with E-state index in [1.807, 2.05) is 75.3 Å². The molecular weight excluding hydrogens is 500 g/mol. The van der Waals surface area contributed by atoms with Gasteiger partial charge in [-0.05, 0) is 67.5 Å². The van der Waals surface area contributed by atoms with Crippen LogP contribution in [0.2, 0.25) is 0 Å².